The second kappa shape index (κ2) is 8.51. The first-order chi connectivity index (χ1) is 12.9. The Balaban J connectivity index is 1.63. The van der Waals surface area contributed by atoms with E-state index in [4.69, 9.17) is 4.74 Å². The number of alkyl halides is 2. The molecule has 6 nitrogen and oxygen atoms in total. The molecule has 10 heteroatoms. The van der Waals surface area contributed by atoms with Crippen molar-refractivity contribution in [1.82, 2.24) is 5.32 Å². The van der Waals surface area contributed by atoms with Crippen molar-refractivity contribution in [3.63, 3.8) is 0 Å². The molecule has 1 amide bonds. The van der Waals surface area contributed by atoms with E-state index in [1.165, 1.54) is 4.90 Å². The lowest BCUT2D eigenvalue weighted by molar-refractivity contribution is 0.0620. The van der Waals surface area contributed by atoms with E-state index in [-0.39, 0.29) is 19.0 Å². The van der Waals surface area contributed by atoms with Crippen molar-refractivity contribution < 1.29 is 28.5 Å². The van der Waals surface area contributed by atoms with Crippen LogP contribution in [0.1, 0.15) is 11.5 Å². The van der Waals surface area contributed by atoms with Crippen LogP contribution in [0.3, 0.4) is 0 Å². The SMILES string of the molecule is O=C1O[C@@H](CNC(=S)C(F)F)CN1c1ccc(C2C=CSC(O)C2O)cc1. The van der Waals surface area contributed by atoms with Gasteiger partial charge in [0.25, 0.3) is 6.43 Å². The highest BCUT2D eigenvalue weighted by Crippen LogP contribution is 2.34. The number of rotatable bonds is 5. The Kier molecular flexibility index (Phi) is 6.30. The first-order valence-electron chi connectivity index (χ1n) is 8.19. The van der Waals surface area contributed by atoms with Crippen molar-refractivity contribution in [2.45, 2.75) is 30.0 Å². The fraction of sp³-hybridized carbons (Fsp3) is 0.412. The quantitative estimate of drug-likeness (QED) is 0.635. The number of cyclic esters (lactones) is 1. The number of hydrogen-bond donors (Lipinski definition) is 3. The molecule has 146 valence electrons. The Morgan fingerprint density at radius 1 is 1.37 bits per heavy atom. The number of halogens is 2. The number of hydrogen-bond acceptors (Lipinski definition) is 6. The summed E-state index contributed by atoms with van der Waals surface area (Å²) in [6.07, 6.45) is -3.01. The van der Waals surface area contributed by atoms with Crippen molar-refractivity contribution in [2.24, 2.45) is 0 Å². The first kappa shape index (κ1) is 20.0. The molecule has 1 aromatic rings. The zero-order valence-corrected chi connectivity index (χ0v) is 15.6. The van der Waals surface area contributed by atoms with Crippen LogP contribution in [0.4, 0.5) is 19.3 Å². The van der Waals surface area contributed by atoms with Crippen molar-refractivity contribution in [3.05, 3.63) is 41.3 Å². The van der Waals surface area contributed by atoms with Gasteiger partial charge in [0.1, 0.15) is 16.5 Å². The zero-order chi connectivity index (χ0) is 19.6. The third-order valence-electron chi connectivity index (χ3n) is 4.33. The van der Waals surface area contributed by atoms with Crippen molar-refractivity contribution in [3.8, 4) is 0 Å². The van der Waals surface area contributed by atoms with Gasteiger partial charge in [0.2, 0.25) is 0 Å². The number of aliphatic hydroxyl groups excluding tert-OH is 2. The third-order valence-corrected chi connectivity index (χ3v) is 5.52. The Bertz CT molecular complexity index is 732. The molecule has 2 aliphatic heterocycles. The predicted octanol–water partition coefficient (Wildman–Crippen LogP) is 2.22. The summed E-state index contributed by atoms with van der Waals surface area (Å²) in [5, 5.41) is 24.0. The van der Waals surface area contributed by atoms with Gasteiger partial charge in [-0.05, 0) is 23.1 Å². The summed E-state index contributed by atoms with van der Waals surface area (Å²) in [5.74, 6) is -0.340. The number of nitrogens with zero attached hydrogens (tertiary/aromatic N) is 1. The first-order valence-corrected chi connectivity index (χ1v) is 9.54. The lowest BCUT2D eigenvalue weighted by atomic mass is 9.93. The van der Waals surface area contributed by atoms with Gasteiger partial charge in [-0.25, -0.2) is 13.6 Å². The number of ether oxygens (including phenoxy) is 1. The molecular formula is C17H18F2N2O4S2. The lowest BCUT2D eigenvalue weighted by Crippen LogP contribution is -2.36. The van der Waals surface area contributed by atoms with E-state index in [1.54, 1.807) is 29.7 Å². The molecule has 3 unspecified atom stereocenters. The normalized spacial score (nSPS) is 27.7. The highest BCUT2D eigenvalue weighted by atomic mass is 32.2. The zero-order valence-electron chi connectivity index (χ0n) is 14.0. The smallest absolute Gasteiger partial charge is 0.414 e. The molecule has 3 rings (SSSR count). The van der Waals surface area contributed by atoms with E-state index in [1.807, 2.05) is 6.08 Å². The summed E-state index contributed by atoms with van der Waals surface area (Å²) in [5.41, 5.74) is 0.502. The summed E-state index contributed by atoms with van der Waals surface area (Å²) in [6, 6.07) is 6.96. The Morgan fingerprint density at radius 3 is 2.74 bits per heavy atom. The van der Waals surface area contributed by atoms with Gasteiger partial charge in [0.05, 0.1) is 19.2 Å². The van der Waals surface area contributed by atoms with E-state index < -0.39 is 35.2 Å². The van der Waals surface area contributed by atoms with Gasteiger partial charge >= 0.3 is 6.09 Å². The standard InChI is InChI=1S/C17H18F2N2O4S2/c18-14(19)15(26)20-7-11-8-21(17(24)25-11)10-3-1-9(2-4-10)12-5-6-27-16(23)13(12)22/h1-6,11-14,16,22-23H,7-8H2,(H,20,26)/t11-,12?,13?,16?/m0/s1. The molecule has 1 saturated heterocycles. The van der Waals surface area contributed by atoms with E-state index in [0.29, 0.717) is 5.69 Å². The molecule has 3 N–H and O–H groups in total. The van der Waals surface area contributed by atoms with Gasteiger partial charge in [0.15, 0.2) is 0 Å². The highest BCUT2D eigenvalue weighted by Gasteiger charge is 2.33. The average molecular weight is 416 g/mol. The van der Waals surface area contributed by atoms with E-state index in [2.05, 4.69) is 17.5 Å². The molecule has 1 aromatic carbocycles. The van der Waals surface area contributed by atoms with Crippen LogP contribution in [0.5, 0.6) is 0 Å². The van der Waals surface area contributed by atoms with Crippen LogP contribution in [0.25, 0.3) is 0 Å². The molecule has 2 heterocycles. The van der Waals surface area contributed by atoms with Gasteiger partial charge < -0.3 is 20.3 Å². The average Bonchev–Trinajstić information content (AvgIpc) is 3.03. The monoisotopic (exact) mass is 416 g/mol. The lowest BCUT2D eigenvalue weighted by Gasteiger charge is -2.27. The number of carbonyl (C=O) groups is 1. The topological polar surface area (TPSA) is 82.0 Å². The minimum Gasteiger partial charge on any atom is -0.442 e. The van der Waals surface area contributed by atoms with Crippen molar-refractivity contribution >= 4 is 40.7 Å². The summed E-state index contributed by atoms with van der Waals surface area (Å²) in [4.78, 5) is 12.9. The summed E-state index contributed by atoms with van der Waals surface area (Å²) in [7, 11) is 0. The molecule has 4 atom stereocenters. The minimum absolute atomic E-state index is 0.0120. The third kappa shape index (κ3) is 4.57. The largest absolute Gasteiger partial charge is 0.442 e. The van der Waals surface area contributed by atoms with E-state index in [0.717, 1.165) is 17.3 Å². The number of thioether (sulfide) groups is 1. The molecular weight excluding hydrogens is 398 g/mol. The van der Waals surface area contributed by atoms with Gasteiger partial charge in [-0.1, -0.05) is 30.4 Å². The Labute approximate surface area is 164 Å². The van der Waals surface area contributed by atoms with Crippen LogP contribution < -0.4 is 10.2 Å². The Hall–Kier alpha value is -1.75. The van der Waals surface area contributed by atoms with Crippen LogP contribution in [0, 0.1) is 0 Å². The van der Waals surface area contributed by atoms with Gasteiger partial charge in [0, 0.05) is 11.6 Å². The molecule has 1 fully saturated rings. The number of thiocarbonyl (C=S) groups is 1. The second-order valence-electron chi connectivity index (χ2n) is 6.13. The van der Waals surface area contributed by atoms with Crippen LogP contribution >= 0.6 is 24.0 Å². The summed E-state index contributed by atoms with van der Waals surface area (Å²) < 4.78 is 30.0. The number of benzene rings is 1. The second-order valence-corrected chi connectivity index (χ2v) is 7.59. The van der Waals surface area contributed by atoms with Gasteiger partial charge in [-0.3, -0.25) is 4.90 Å². The van der Waals surface area contributed by atoms with Crippen molar-refractivity contribution in [2.75, 3.05) is 18.0 Å². The molecule has 0 aromatic heterocycles. The highest BCUT2D eigenvalue weighted by molar-refractivity contribution is 8.02. The van der Waals surface area contributed by atoms with Crippen LogP contribution in [0.2, 0.25) is 0 Å². The fourth-order valence-electron chi connectivity index (χ4n) is 2.90. The van der Waals surface area contributed by atoms with Crippen LogP contribution in [-0.4, -0.2) is 58.5 Å². The summed E-state index contributed by atoms with van der Waals surface area (Å²) >= 11 is 5.65. The van der Waals surface area contributed by atoms with E-state index >= 15 is 0 Å². The van der Waals surface area contributed by atoms with Crippen molar-refractivity contribution in [1.29, 1.82) is 0 Å². The molecule has 0 aliphatic carbocycles. The predicted molar refractivity (Wildman–Crippen MR) is 102 cm³/mol. The maximum Gasteiger partial charge on any atom is 0.414 e. The number of aliphatic hydroxyl groups is 2. The number of carbonyl (C=O) groups excluding carboxylic acids is 1. The number of amides is 1. The minimum atomic E-state index is -2.75. The van der Waals surface area contributed by atoms with Gasteiger partial charge in [-0.15, -0.1) is 11.8 Å². The maximum atomic E-state index is 12.4. The Morgan fingerprint density at radius 2 is 2.07 bits per heavy atom. The molecule has 27 heavy (non-hydrogen) atoms. The maximum absolute atomic E-state index is 12.4. The number of nitrogens with one attached hydrogen (secondary N) is 1. The molecule has 2 aliphatic rings. The van der Waals surface area contributed by atoms with Crippen LogP contribution in [0.15, 0.2) is 35.7 Å². The molecule has 0 saturated carbocycles. The van der Waals surface area contributed by atoms with Gasteiger partial charge in [-0.2, -0.15) is 0 Å². The fourth-order valence-corrected chi connectivity index (χ4v) is 3.73. The van der Waals surface area contributed by atoms with Crippen LogP contribution in [-0.2, 0) is 4.74 Å². The molecule has 0 spiro atoms. The summed E-state index contributed by atoms with van der Waals surface area (Å²) in [6.45, 7) is 0.219. The van der Waals surface area contributed by atoms with E-state index in [9.17, 15) is 23.8 Å². The number of anilines is 1. The molecule has 0 bridgehead atoms. The molecule has 0 radical (unpaired) electrons.